The molecule has 3 aromatic carbocycles. The number of hydrogen-bond acceptors (Lipinski definition) is 9. The van der Waals surface area contributed by atoms with Gasteiger partial charge in [-0.15, -0.1) is 0 Å². The van der Waals surface area contributed by atoms with Crippen LogP contribution in [0, 0.1) is 6.92 Å². The molecule has 0 unspecified atom stereocenters. The number of nitrogens with one attached hydrogen (secondary N) is 1. The van der Waals surface area contributed by atoms with Crippen LogP contribution in [0.25, 0.3) is 10.9 Å². The molecule has 2 aliphatic heterocycles. The molecule has 4 atom stereocenters. The lowest BCUT2D eigenvalue weighted by Gasteiger charge is -2.20. The van der Waals surface area contributed by atoms with Gasteiger partial charge in [0, 0.05) is 17.1 Å². The van der Waals surface area contributed by atoms with Gasteiger partial charge in [0.15, 0.2) is 17.6 Å². The van der Waals surface area contributed by atoms with E-state index in [1.807, 2.05) is 55.5 Å². The summed E-state index contributed by atoms with van der Waals surface area (Å²) in [5, 5.41) is 4.22. The monoisotopic (exact) mass is 529 g/mol. The van der Waals surface area contributed by atoms with E-state index in [-0.39, 0.29) is 24.4 Å². The molecule has 6 rings (SSSR count). The average molecular weight is 530 g/mol. The van der Waals surface area contributed by atoms with E-state index in [0.717, 1.165) is 33.5 Å². The average Bonchev–Trinajstić information content (AvgIpc) is 3.56. The highest BCUT2D eigenvalue weighted by Crippen LogP contribution is 2.36. The van der Waals surface area contributed by atoms with E-state index in [2.05, 4.69) is 27.4 Å². The van der Waals surface area contributed by atoms with E-state index in [4.69, 9.17) is 28.4 Å². The molecule has 0 radical (unpaired) electrons. The largest absolute Gasteiger partial charge is 0.493 e. The Morgan fingerprint density at radius 2 is 1.59 bits per heavy atom. The molecule has 1 N–H and O–H groups in total. The standard InChI is InChI=1S/C30H31N3O6/c1-18-11-20(33-30-21-12-24(34-2)25(35-3)13-22(21)31-17-32-30)9-10-23(18)39-27-16-38-28-26(15-37-29(27)28)36-14-19-7-5-4-6-8-19/h4-13,17,26-29H,14-16H2,1-3H3,(H,31,32,33)/t26-,27-,28+,29+/m0/s1. The second-order valence-corrected chi connectivity index (χ2v) is 9.64. The van der Waals surface area contributed by atoms with Crippen LogP contribution in [0.3, 0.4) is 0 Å². The lowest BCUT2D eigenvalue weighted by Crippen LogP contribution is -2.35. The van der Waals surface area contributed by atoms with Gasteiger partial charge in [-0.25, -0.2) is 9.97 Å². The second kappa shape index (κ2) is 11.1. The van der Waals surface area contributed by atoms with Crippen molar-refractivity contribution in [1.29, 1.82) is 0 Å². The van der Waals surface area contributed by atoms with Crippen LogP contribution < -0.4 is 19.5 Å². The number of nitrogens with zero attached hydrogens (tertiary/aromatic N) is 2. The van der Waals surface area contributed by atoms with Gasteiger partial charge < -0.3 is 33.7 Å². The van der Waals surface area contributed by atoms with Crippen molar-refractivity contribution in [3.63, 3.8) is 0 Å². The third-order valence-electron chi connectivity index (χ3n) is 7.13. The number of methoxy groups -OCH3 is 2. The predicted octanol–water partition coefficient (Wildman–Crippen LogP) is 4.83. The van der Waals surface area contributed by atoms with Gasteiger partial charge in [0.25, 0.3) is 0 Å². The fourth-order valence-electron chi connectivity index (χ4n) is 5.09. The Morgan fingerprint density at radius 1 is 0.846 bits per heavy atom. The SMILES string of the molecule is COc1cc2ncnc(Nc3ccc(O[C@H]4CO[C@H]5[C@@H]4OC[C@@H]5OCc4ccccc4)c(C)c3)c2cc1OC. The zero-order valence-electron chi connectivity index (χ0n) is 22.1. The van der Waals surface area contributed by atoms with Crippen molar-refractivity contribution < 1.29 is 28.4 Å². The van der Waals surface area contributed by atoms with Gasteiger partial charge in [-0.3, -0.25) is 0 Å². The van der Waals surface area contributed by atoms with Crippen LogP contribution in [0.4, 0.5) is 11.5 Å². The van der Waals surface area contributed by atoms with Crippen molar-refractivity contribution in [3.05, 3.63) is 78.1 Å². The maximum absolute atomic E-state index is 6.37. The minimum Gasteiger partial charge on any atom is -0.493 e. The quantitative estimate of drug-likeness (QED) is 0.327. The van der Waals surface area contributed by atoms with Crippen LogP contribution in [0.1, 0.15) is 11.1 Å². The molecule has 0 spiro atoms. The summed E-state index contributed by atoms with van der Waals surface area (Å²) in [4.78, 5) is 8.83. The summed E-state index contributed by atoms with van der Waals surface area (Å²) < 4.78 is 35.5. The number of benzene rings is 3. The summed E-state index contributed by atoms with van der Waals surface area (Å²) in [5.41, 5.74) is 3.74. The second-order valence-electron chi connectivity index (χ2n) is 9.64. The van der Waals surface area contributed by atoms with Gasteiger partial charge in [-0.05, 0) is 42.3 Å². The zero-order chi connectivity index (χ0) is 26.8. The minimum absolute atomic E-state index is 0.113. The third kappa shape index (κ3) is 5.21. The molecule has 1 aromatic heterocycles. The Morgan fingerprint density at radius 3 is 2.36 bits per heavy atom. The van der Waals surface area contributed by atoms with Gasteiger partial charge in [0.2, 0.25) is 0 Å². The molecule has 9 nitrogen and oxygen atoms in total. The molecule has 4 aromatic rings. The summed E-state index contributed by atoms with van der Waals surface area (Å²) in [6.07, 6.45) is 0.906. The van der Waals surface area contributed by atoms with Crippen LogP contribution in [0.5, 0.6) is 17.2 Å². The Hall–Kier alpha value is -3.92. The Bertz CT molecular complexity index is 1450. The molecule has 0 aliphatic carbocycles. The van der Waals surface area contributed by atoms with Crippen molar-refractivity contribution in [2.75, 3.05) is 32.8 Å². The first-order valence-corrected chi connectivity index (χ1v) is 12.9. The normalized spacial score (nSPS) is 22.0. The highest BCUT2D eigenvalue weighted by atomic mass is 16.6. The highest BCUT2D eigenvalue weighted by Gasteiger charge is 2.49. The molecule has 0 saturated carbocycles. The van der Waals surface area contributed by atoms with Crippen LogP contribution in [-0.4, -0.2) is 61.8 Å². The molecular weight excluding hydrogens is 498 g/mol. The maximum Gasteiger partial charge on any atom is 0.162 e. The third-order valence-corrected chi connectivity index (χ3v) is 7.13. The zero-order valence-corrected chi connectivity index (χ0v) is 22.1. The molecule has 39 heavy (non-hydrogen) atoms. The van der Waals surface area contributed by atoms with E-state index in [9.17, 15) is 0 Å². The first-order chi connectivity index (χ1) is 19.1. The number of aromatic nitrogens is 2. The highest BCUT2D eigenvalue weighted by molar-refractivity contribution is 5.93. The van der Waals surface area contributed by atoms with Gasteiger partial charge in [0.05, 0.1) is 39.6 Å². The molecule has 3 heterocycles. The smallest absolute Gasteiger partial charge is 0.162 e. The minimum atomic E-state index is -0.203. The molecule has 0 bridgehead atoms. The Kier molecular flexibility index (Phi) is 7.19. The molecule has 202 valence electrons. The summed E-state index contributed by atoms with van der Waals surface area (Å²) in [6, 6.07) is 19.8. The van der Waals surface area contributed by atoms with Crippen molar-refractivity contribution in [3.8, 4) is 17.2 Å². The van der Waals surface area contributed by atoms with Crippen molar-refractivity contribution >= 4 is 22.4 Å². The number of rotatable bonds is 9. The van der Waals surface area contributed by atoms with E-state index in [1.165, 1.54) is 6.33 Å². The predicted molar refractivity (Wildman–Crippen MR) is 146 cm³/mol. The van der Waals surface area contributed by atoms with E-state index >= 15 is 0 Å². The fourth-order valence-corrected chi connectivity index (χ4v) is 5.09. The van der Waals surface area contributed by atoms with Gasteiger partial charge in [-0.1, -0.05) is 30.3 Å². The van der Waals surface area contributed by atoms with Crippen molar-refractivity contribution in [1.82, 2.24) is 9.97 Å². The Balaban J connectivity index is 1.12. The molecule has 2 aliphatic rings. The van der Waals surface area contributed by atoms with E-state index in [0.29, 0.717) is 37.1 Å². The lowest BCUT2D eigenvalue weighted by molar-refractivity contribution is -0.0426. The molecular formula is C30H31N3O6. The van der Waals surface area contributed by atoms with Gasteiger partial charge in [0.1, 0.15) is 36.2 Å². The van der Waals surface area contributed by atoms with E-state index < -0.39 is 0 Å². The Labute approximate surface area is 227 Å². The first kappa shape index (κ1) is 25.4. The summed E-state index contributed by atoms with van der Waals surface area (Å²) in [6.45, 7) is 3.50. The van der Waals surface area contributed by atoms with Crippen LogP contribution in [0.2, 0.25) is 0 Å². The van der Waals surface area contributed by atoms with Crippen LogP contribution in [-0.2, 0) is 20.8 Å². The summed E-state index contributed by atoms with van der Waals surface area (Å²) in [7, 11) is 3.21. The molecule has 2 fully saturated rings. The fraction of sp³-hybridized carbons (Fsp3) is 0.333. The molecule has 2 saturated heterocycles. The number of fused-ring (bicyclic) bond motifs is 2. The van der Waals surface area contributed by atoms with Gasteiger partial charge in [-0.2, -0.15) is 0 Å². The summed E-state index contributed by atoms with van der Waals surface area (Å²) >= 11 is 0. The van der Waals surface area contributed by atoms with Crippen LogP contribution >= 0.6 is 0 Å². The number of aryl methyl sites for hydroxylation is 1. The van der Waals surface area contributed by atoms with Crippen LogP contribution in [0.15, 0.2) is 67.0 Å². The lowest BCUT2D eigenvalue weighted by atomic mass is 10.1. The number of hydrogen-bond donors (Lipinski definition) is 1. The molecule has 9 heteroatoms. The van der Waals surface area contributed by atoms with E-state index in [1.54, 1.807) is 14.2 Å². The first-order valence-electron chi connectivity index (χ1n) is 12.9. The summed E-state index contributed by atoms with van der Waals surface area (Å²) in [5.74, 6) is 2.68. The molecule has 0 amide bonds. The number of anilines is 2. The van der Waals surface area contributed by atoms with Crippen molar-refractivity contribution in [2.45, 2.75) is 37.9 Å². The topological polar surface area (TPSA) is 93.2 Å². The van der Waals surface area contributed by atoms with Gasteiger partial charge >= 0.3 is 0 Å². The maximum atomic E-state index is 6.37. The number of ether oxygens (including phenoxy) is 6. The van der Waals surface area contributed by atoms with Crippen molar-refractivity contribution in [2.24, 2.45) is 0 Å².